The van der Waals surface area contributed by atoms with Crippen LogP contribution in [0.25, 0.3) is 16.7 Å². The molecule has 1 aromatic heterocycles. The molecule has 1 unspecified atom stereocenters. The van der Waals surface area contributed by atoms with Gasteiger partial charge < -0.3 is 19.7 Å². The molecule has 0 spiro atoms. The quantitative estimate of drug-likeness (QED) is 0.190. The Morgan fingerprint density at radius 1 is 1.00 bits per heavy atom. The van der Waals surface area contributed by atoms with Gasteiger partial charge in [0.25, 0.3) is 11.7 Å². The Labute approximate surface area is 216 Å². The van der Waals surface area contributed by atoms with E-state index in [1.165, 1.54) is 36.3 Å². The zero-order chi connectivity index (χ0) is 27.0. The molecule has 2 heterocycles. The summed E-state index contributed by atoms with van der Waals surface area (Å²) in [4.78, 5) is 30.9. The van der Waals surface area contributed by atoms with Crippen molar-refractivity contribution in [1.82, 2.24) is 9.88 Å². The van der Waals surface area contributed by atoms with Crippen LogP contribution in [0.1, 0.15) is 28.3 Å². The van der Waals surface area contributed by atoms with Gasteiger partial charge in [-0.05, 0) is 60.0 Å². The highest BCUT2D eigenvalue weighted by Crippen LogP contribution is 2.41. The number of aliphatic hydroxyl groups excluding tert-OH is 1. The van der Waals surface area contributed by atoms with Crippen LogP contribution in [0.15, 0.2) is 84.6 Å². The fourth-order valence-electron chi connectivity index (χ4n) is 4.80. The van der Waals surface area contributed by atoms with Crippen molar-refractivity contribution < 1.29 is 32.6 Å². The number of ether oxygens (including phenoxy) is 1. The molecule has 4 aromatic rings. The topological polar surface area (TPSA) is 82.6 Å². The van der Waals surface area contributed by atoms with Crippen LogP contribution >= 0.6 is 0 Å². The van der Waals surface area contributed by atoms with Crippen molar-refractivity contribution in [3.8, 4) is 5.75 Å². The van der Waals surface area contributed by atoms with Gasteiger partial charge in [-0.2, -0.15) is 13.2 Å². The number of nitrogens with zero attached hydrogens (tertiary/aromatic N) is 1. The van der Waals surface area contributed by atoms with Gasteiger partial charge in [0.2, 0.25) is 0 Å². The predicted octanol–water partition coefficient (Wildman–Crippen LogP) is 5.86. The number of methoxy groups -OCH3 is 1. The molecule has 1 amide bonds. The number of amides is 1. The number of aromatic amines is 1. The second-order valence-corrected chi connectivity index (χ2v) is 8.95. The summed E-state index contributed by atoms with van der Waals surface area (Å²) in [7, 11) is 1.48. The number of hydrogen-bond donors (Lipinski definition) is 2. The van der Waals surface area contributed by atoms with Crippen LogP contribution in [0.4, 0.5) is 13.2 Å². The number of fused-ring (bicyclic) bond motifs is 1. The van der Waals surface area contributed by atoms with E-state index in [1.807, 2.05) is 30.5 Å². The highest BCUT2D eigenvalue weighted by molar-refractivity contribution is 6.46. The van der Waals surface area contributed by atoms with Gasteiger partial charge in [0.05, 0.1) is 24.3 Å². The van der Waals surface area contributed by atoms with E-state index in [9.17, 15) is 27.9 Å². The number of benzene rings is 3. The summed E-state index contributed by atoms with van der Waals surface area (Å²) in [6, 6.07) is 17.1. The SMILES string of the molecule is COc1ccc(/C(O)=C2\C(=O)C(=O)N(CCc3c[nH]c4ccccc34)C2c2ccc(C(F)(F)F)cc2)cc1. The maximum Gasteiger partial charge on any atom is 0.416 e. The van der Waals surface area contributed by atoms with Gasteiger partial charge in [-0.15, -0.1) is 0 Å². The number of likely N-dealkylation sites (tertiary alicyclic amines) is 1. The smallest absolute Gasteiger partial charge is 0.416 e. The second kappa shape index (κ2) is 9.74. The fourth-order valence-corrected chi connectivity index (χ4v) is 4.80. The number of H-pyrrole nitrogens is 1. The van der Waals surface area contributed by atoms with Crippen LogP contribution in [0.2, 0.25) is 0 Å². The molecule has 1 saturated heterocycles. The molecule has 194 valence electrons. The zero-order valence-electron chi connectivity index (χ0n) is 20.3. The van der Waals surface area contributed by atoms with Gasteiger partial charge in [0.1, 0.15) is 11.5 Å². The average Bonchev–Trinajstić information content (AvgIpc) is 3.45. The lowest BCUT2D eigenvalue weighted by Crippen LogP contribution is -2.31. The minimum absolute atomic E-state index is 0.109. The number of rotatable bonds is 6. The monoisotopic (exact) mass is 520 g/mol. The van der Waals surface area contributed by atoms with Gasteiger partial charge in [-0.1, -0.05) is 30.3 Å². The number of aliphatic hydroxyl groups is 1. The molecule has 5 rings (SSSR count). The van der Waals surface area contributed by atoms with E-state index in [-0.39, 0.29) is 23.2 Å². The van der Waals surface area contributed by atoms with E-state index >= 15 is 0 Å². The molecule has 9 heteroatoms. The molecule has 1 aliphatic rings. The lowest BCUT2D eigenvalue weighted by Gasteiger charge is -2.25. The van der Waals surface area contributed by atoms with Crippen LogP contribution < -0.4 is 4.74 Å². The summed E-state index contributed by atoms with van der Waals surface area (Å²) in [5, 5.41) is 12.1. The summed E-state index contributed by atoms with van der Waals surface area (Å²) in [5.41, 5.74) is 1.36. The molecule has 2 N–H and O–H groups in total. The third-order valence-electron chi connectivity index (χ3n) is 6.75. The first kappa shape index (κ1) is 25.1. The van der Waals surface area contributed by atoms with Crippen molar-refractivity contribution in [2.24, 2.45) is 0 Å². The van der Waals surface area contributed by atoms with Crippen molar-refractivity contribution in [3.05, 3.63) is 107 Å². The Balaban J connectivity index is 1.56. The number of nitrogens with one attached hydrogen (secondary N) is 1. The summed E-state index contributed by atoms with van der Waals surface area (Å²) in [6.45, 7) is 0.109. The standard InChI is InChI=1S/C29H23F3N2O4/c1-38-21-12-8-18(9-13-21)26(35)24-25(17-6-10-20(11-7-17)29(30,31)32)34(28(37)27(24)36)15-14-19-16-33-23-5-3-2-4-22(19)23/h2-13,16,25,33,35H,14-15H2,1H3/b26-24+. The van der Waals surface area contributed by atoms with Crippen molar-refractivity contribution in [1.29, 1.82) is 0 Å². The molecule has 0 aliphatic carbocycles. The fraction of sp³-hybridized carbons (Fsp3) is 0.172. The van der Waals surface area contributed by atoms with Crippen LogP contribution in [0, 0.1) is 0 Å². The first-order chi connectivity index (χ1) is 18.2. The number of carbonyl (C=O) groups excluding carboxylic acids is 2. The first-order valence-electron chi connectivity index (χ1n) is 11.8. The maximum absolute atomic E-state index is 13.2. The van der Waals surface area contributed by atoms with E-state index in [0.29, 0.717) is 12.2 Å². The number of aromatic nitrogens is 1. The molecule has 0 radical (unpaired) electrons. The van der Waals surface area contributed by atoms with E-state index in [1.54, 1.807) is 12.1 Å². The summed E-state index contributed by atoms with van der Waals surface area (Å²) in [5.74, 6) is -1.61. The number of hydrogen-bond acceptors (Lipinski definition) is 4. The molecular formula is C29H23F3N2O4. The van der Waals surface area contributed by atoms with Crippen LogP contribution in [-0.2, 0) is 22.2 Å². The molecular weight excluding hydrogens is 497 g/mol. The van der Waals surface area contributed by atoms with Crippen LogP contribution in [0.5, 0.6) is 5.75 Å². The summed E-state index contributed by atoms with van der Waals surface area (Å²) >= 11 is 0. The molecule has 1 aliphatic heterocycles. The minimum atomic E-state index is -4.54. The minimum Gasteiger partial charge on any atom is -0.507 e. The van der Waals surface area contributed by atoms with Gasteiger partial charge in [-0.25, -0.2) is 0 Å². The molecule has 0 saturated carbocycles. The average molecular weight is 521 g/mol. The largest absolute Gasteiger partial charge is 0.507 e. The molecule has 6 nitrogen and oxygen atoms in total. The van der Waals surface area contributed by atoms with Crippen molar-refractivity contribution in [2.75, 3.05) is 13.7 Å². The maximum atomic E-state index is 13.2. The molecule has 1 atom stereocenters. The molecule has 1 fully saturated rings. The number of alkyl halides is 3. The Kier molecular flexibility index (Phi) is 6.44. The van der Waals surface area contributed by atoms with Gasteiger partial charge in [-0.3, -0.25) is 9.59 Å². The number of para-hydroxylation sites is 1. The molecule has 3 aromatic carbocycles. The lowest BCUT2D eigenvalue weighted by molar-refractivity contribution is -0.139. The zero-order valence-corrected chi connectivity index (χ0v) is 20.3. The summed E-state index contributed by atoms with van der Waals surface area (Å²) < 4.78 is 44.8. The predicted molar refractivity (Wildman–Crippen MR) is 135 cm³/mol. The lowest BCUT2D eigenvalue weighted by atomic mass is 9.94. The first-order valence-corrected chi connectivity index (χ1v) is 11.8. The highest BCUT2D eigenvalue weighted by Gasteiger charge is 2.46. The third kappa shape index (κ3) is 4.51. The van der Waals surface area contributed by atoms with Crippen LogP contribution in [0.3, 0.4) is 0 Å². The Morgan fingerprint density at radius 2 is 1.68 bits per heavy atom. The summed E-state index contributed by atoms with van der Waals surface area (Å²) in [6.07, 6.45) is -2.33. The van der Waals surface area contributed by atoms with Crippen molar-refractivity contribution in [2.45, 2.75) is 18.6 Å². The van der Waals surface area contributed by atoms with E-state index in [2.05, 4.69) is 4.98 Å². The number of halogens is 3. The van der Waals surface area contributed by atoms with Crippen molar-refractivity contribution >= 4 is 28.4 Å². The van der Waals surface area contributed by atoms with Gasteiger partial charge >= 0.3 is 6.18 Å². The van der Waals surface area contributed by atoms with Crippen molar-refractivity contribution in [3.63, 3.8) is 0 Å². The highest BCUT2D eigenvalue weighted by atomic mass is 19.4. The van der Waals surface area contributed by atoms with Gasteiger partial charge in [0.15, 0.2) is 0 Å². The number of carbonyl (C=O) groups is 2. The Hall–Kier alpha value is -4.53. The van der Waals surface area contributed by atoms with E-state index in [4.69, 9.17) is 4.74 Å². The Bertz CT molecular complexity index is 1540. The third-order valence-corrected chi connectivity index (χ3v) is 6.75. The van der Waals surface area contributed by atoms with Crippen LogP contribution in [-0.4, -0.2) is 40.3 Å². The number of ketones is 1. The normalized spacial score (nSPS) is 17.4. The van der Waals surface area contributed by atoms with E-state index < -0.39 is 35.2 Å². The molecule has 38 heavy (non-hydrogen) atoms. The Morgan fingerprint density at radius 3 is 2.34 bits per heavy atom. The second-order valence-electron chi connectivity index (χ2n) is 8.95. The number of Topliss-reactive ketones (excluding diaryl/α,β-unsaturated/α-hetero) is 1. The molecule has 0 bridgehead atoms. The van der Waals surface area contributed by atoms with E-state index in [0.717, 1.165) is 28.6 Å². The van der Waals surface area contributed by atoms with Gasteiger partial charge in [0, 0.05) is 29.2 Å².